The molecule has 3 heterocycles. The lowest BCUT2D eigenvalue weighted by molar-refractivity contribution is 0.0601. The van der Waals surface area contributed by atoms with Gasteiger partial charge in [-0.05, 0) is 37.1 Å². The van der Waals surface area contributed by atoms with Gasteiger partial charge in [-0.15, -0.1) is 0 Å². The highest BCUT2D eigenvalue weighted by Gasteiger charge is 2.20. The molecule has 1 unspecified atom stereocenters. The van der Waals surface area contributed by atoms with Crippen molar-refractivity contribution in [2.75, 3.05) is 25.9 Å². The van der Waals surface area contributed by atoms with Crippen LogP contribution in [0.15, 0.2) is 36.5 Å². The van der Waals surface area contributed by atoms with E-state index in [-0.39, 0.29) is 5.97 Å². The molecule has 1 aromatic carbocycles. The molecule has 7 heteroatoms. The van der Waals surface area contributed by atoms with E-state index in [0.29, 0.717) is 22.9 Å². The number of rotatable bonds is 3. The first-order valence-corrected chi connectivity index (χ1v) is 8.71. The summed E-state index contributed by atoms with van der Waals surface area (Å²) < 4.78 is 6.45. The van der Waals surface area contributed by atoms with Crippen LogP contribution < -0.4 is 11.1 Å². The van der Waals surface area contributed by atoms with Crippen molar-refractivity contribution in [3.05, 3.63) is 47.8 Å². The minimum absolute atomic E-state index is 0.347. The number of nitrogens with two attached hydrogens (primary N) is 1. The van der Waals surface area contributed by atoms with Gasteiger partial charge in [0.05, 0.1) is 24.6 Å². The zero-order valence-electron chi connectivity index (χ0n) is 14.6. The third-order valence-corrected chi connectivity index (χ3v) is 4.83. The molecule has 0 saturated carbocycles. The molecule has 0 bridgehead atoms. The van der Waals surface area contributed by atoms with Crippen LogP contribution in [0.4, 0.5) is 5.82 Å². The Morgan fingerprint density at radius 2 is 2.27 bits per heavy atom. The van der Waals surface area contributed by atoms with Crippen LogP contribution in [-0.2, 0) is 4.74 Å². The first-order chi connectivity index (χ1) is 12.7. The van der Waals surface area contributed by atoms with Gasteiger partial charge in [-0.2, -0.15) is 9.61 Å². The van der Waals surface area contributed by atoms with Crippen molar-refractivity contribution in [2.24, 2.45) is 0 Å². The van der Waals surface area contributed by atoms with Gasteiger partial charge in [0.2, 0.25) is 0 Å². The highest BCUT2D eigenvalue weighted by atomic mass is 16.5. The molecule has 26 heavy (non-hydrogen) atoms. The van der Waals surface area contributed by atoms with Crippen LogP contribution in [-0.4, -0.2) is 40.8 Å². The lowest BCUT2D eigenvalue weighted by Gasteiger charge is -2.22. The largest absolute Gasteiger partial charge is 0.465 e. The van der Waals surface area contributed by atoms with Crippen molar-refractivity contribution in [3.63, 3.8) is 0 Å². The Bertz CT molecular complexity index is 960. The number of nitrogens with zero attached hydrogens (tertiary/aromatic N) is 3. The predicted octanol–water partition coefficient (Wildman–Crippen LogP) is 2.23. The number of aromatic nitrogens is 3. The SMILES string of the molecule is COC(=O)c1cccc(-c2cnn3c(N)cc(C4CCCNC4)nc23)c1. The Labute approximate surface area is 151 Å². The standard InChI is InChI=1S/C19H21N5O2/c1-26-19(25)13-5-2-4-12(8-13)15-11-22-24-17(20)9-16(23-18(15)24)14-6-3-7-21-10-14/h2,4-5,8-9,11,14,21H,3,6-7,10,20H2,1H3. The molecule has 1 atom stereocenters. The second-order valence-corrected chi connectivity index (χ2v) is 6.52. The predicted molar refractivity (Wildman–Crippen MR) is 99.0 cm³/mol. The molecule has 0 spiro atoms. The Hall–Kier alpha value is -2.93. The first-order valence-electron chi connectivity index (χ1n) is 8.71. The highest BCUT2D eigenvalue weighted by molar-refractivity contribution is 5.92. The smallest absolute Gasteiger partial charge is 0.337 e. The molecule has 7 nitrogen and oxygen atoms in total. The van der Waals surface area contributed by atoms with Crippen molar-refractivity contribution in [3.8, 4) is 11.1 Å². The summed E-state index contributed by atoms with van der Waals surface area (Å²) in [6.07, 6.45) is 3.96. The van der Waals surface area contributed by atoms with Gasteiger partial charge in [0.25, 0.3) is 0 Å². The van der Waals surface area contributed by atoms with E-state index in [9.17, 15) is 4.79 Å². The van der Waals surface area contributed by atoms with E-state index in [1.165, 1.54) is 7.11 Å². The second-order valence-electron chi connectivity index (χ2n) is 6.52. The van der Waals surface area contributed by atoms with Crippen molar-refractivity contribution in [1.29, 1.82) is 0 Å². The van der Waals surface area contributed by atoms with E-state index in [2.05, 4.69) is 10.4 Å². The fraction of sp³-hybridized carbons (Fsp3) is 0.316. The molecule has 1 aliphatic heterocycles. The third kappa shape index (κ3) is 2.90. The number of ether oxygens (including phenoxy) is 1. The fourth-order valence-corrected chi connectivity index (χ4v) is 3.45. The Balaban J connectivity index is 1.81. The summed E-state index contributed by atoms with van der Waals surface area (Å²) in [5, 5.41) is 7.79. The molecule has 3 N–H and O–H groups in total. The maximum absolute atomic E-state index is 11.8. The number of nitrogen functional groups attached to an aromatic ring is 1. The summed E-state index contributed by atoms with van der Waals surface area (Å²) in [5.74, 6) is 0.538. The van der Waals surface area contributed by atoms with Crippen LogP contribution in [0.25, 0.3) is 16.8 Å². The molecule has 0 amide bonds. The molecular formula is C19H21N5O2. The van der Waals surface area contributed by atoms with Crippen molar-refractivity contribution in [2.45, 2.75) is 18.8 Å². The molecule has 0 radical (unpaired) electrons. The fourth-order valence-electron chi connectivity index (χ4n) is 3.45. The number of carbonyl (C=O) groups is 1. The number of fused-ring (bicyclic) bond motifs is 1. The average Bonchev–Trinajstić information content (AvgIpc) is 3.13. The number of piperidine rings is 1. The van der Waals surface area contributed by atoms with Crippen molar-refractivity contribution >= 4 is 17.4 Å². The molecule has 0 aliphatic carbocycles. The Kier molecular flexibility index (Phi) is 4.30. The maximum atomic E-state index is 11.8. The van der Waals surface area contributed by atoms with Crippen LogP contribution in [0.2, 0.25) is 0 Å². The summed E-state index contributed by atoms with van der Waals surface area (Å²) in [5.41, 5.74) is 10.1. The molecule has 1 saturated heterocycles. The molecule has 2 aromatic heterocycles. The normalized spacial score (nSPS) is 17.3. The van der Waals surface area contributed by atoms with Crippen LogP contribution in [0.3, 0.4) is 0 Å². The monoisotopic (exact) mass is 351 g/mol. The van der Waals surface area contributed by atoms with E-state index in [4.69, 9.17) is 15.5 Å². The lowest BCUT2D eigenvalue weighted by atomic mass is 9.96. The van der Waals surface area contributed by atoms with E-state index in [0.717, 1.165) is 42.8 Å². The molecule has 1 fully saturated rings. The van der Waals surface area contributed by atoms with Gasteiger partial charge in [-0.1, -0.05) is 12.1 Å². The number of benzene rings is 1. The number of esters is 1. The molecule has 3 aromatic rings. The van der Waals surface area contributed by atoms with E-state index >= 15 is 0 Å². The number of nitrogens with one attached hydrogen (secondary N) is 1. The number of methoxy groups -OCH3 is 1. The van der Waals surface area contributed by atoms with Crippen LogP contribution in [0.5, 0.6) is 0 Å². The van der Waals surface area contributed by atoms with Gasteiger partial charge in [0.1, 0.15) is 5.82 Å². The molecular weight excluding hydrogens is 330 g/mol. The van der Waals surface area contributed by atoms with Crippen molar-refractivity contribution in [1.82, 2.24) is 19.9 Å². The quantitative estimate of drug-likeness (QED) is 0.703. The molecule has 1 aliphatic rings. The third-order valence-electron chi connectivity index (χ3n) is 4.83. The van der Waals surface area contributed by atoms with Crippen LogP contribution in [0.1, 0.15) is 34.8 Å². The summed E-state index contributed by atoms with van der Waals surface area (Å²) in [6.45, 7) is 1.95. The summed E-state index contributed by atoms with van der Waals surface area (Å²) in [7, 11) is 1.37. The number of hydrogen-bond donors (Lipinski definition) is 2. The van der Waals surface area contributed by atoms with E-state index < -0.39 is 0 Å². The minimum atomic E-state index is -0.371. The van der Waals surface area contributed by atoms with Crippen LogP contribution in [0, 0.1) is 0 Å². The lowest BCUT2D eigenvalue weighted by Crippen LogP contribution is -2.29. The van der Waals surface area contributed by atoms with Gasteiger partial charge in [0, 0.05) is 24.1 Å². The minimum Gasteiger partial charge on any atom is -0.465 e. The van der Waals surface area contributed by atoms with Gasteiger partial charge in [-0.3, -0.25) is 0 Å². The number of hydrogen-bond acceptors (Lipinski definition) is 6. The van der Waals surface area contributed by atoms with Gasteiger partial charge in [0.15, 0.2) is 5.65 Å². The van der Waals surface area contributed by atoms with Gasteiger partial charge >= 0.3 is 5.97 Å². The van der Waals surface area contributed by atoms with E-state index in [1.54, 1.807) is 22.8 Å². The zero-order chi connectivity index (χ0) is 18.1. The topological polar surface area (TPSA) is 94.5 Å². The summed E-state index contributed by atoms with van der Waals surface area (Å²) >= 11 is 0. The maximum Gasteiger partial charge on any atom is 0.337 e. The summed E-state index contributed by atoms with van der Waals surface area (Å²) in [4.78, 5) is 16.7. The Morgan fingerprint density at radius 3 is 3.04 bits per heavy atom. The van der Waals surface area contributed by atoms with Gasteiger partial charge < -0.3 is 15.8 Å². The number of anilines is 1. The first kappa shape index (κ1) is 16.5. The number of carbonyl (C=O) groups excluding carboxylic acids is 1. The zero-order valence-corrected chi connectivity index (χ0v) is 14.6. The van der Waals surface area contributed by atoms with Gasteiger partial charge in [-0.25, -0.2) is 9.78 Å². The molecule has 4 rings (SSSR count). The molecule has 134 valence electrons. The second kappa shape index (κ2) is 6.76. The van der Waals surface area contributed by atoms with E-state index in [1.807, 2.05) is 18.2 Å². The van der Waals surface area contributed by atoms with Crippen LogP contribution >= 0.6 is 0 Å². The Morgan fingerprint density at radius 1 is 1.38 bits per heavy atom. The highest BCUT2D eigenvalue weighted by Crippen LogP contribution is 2.29. The van der Waals surface area contributed by atoms with Crippen molar-refractivity contribution < 1.29 is 9.53 Å². The average molecular weight is 351 g/mol. The summed E-state index contributed by atoms with van der Waals surface area (Å²) in [6, 6.07) is 9.17.